The Kier molecular flexibility index (Phi) is 5.77. The molecule has 0 bridgehead atoms. The summed E-state index contributed by atoms with van der Waals surface area (Å²) in [6.07, 6.45) is 5.24. The van der Waals surface area contributed by atoms with Gasteiger partial charge < -0.3 is 24.8 Å². The maximum absolute atomic E-state index is 13.4. The number of nitrogens with zero attached hydrogens (tertiary/aromatic N) is 8. The van der Waals surface area contributed by atoms with Gasteiger partial charge in [0.05, 0.1) is 6.54 Å². The van der Waals surface area contributed by atoms with E-state index in [9.17, 15) is 4.79 Å². The minimum atomic E-state index is -0.262. The topological polar surface area (TPSA) is 96.6 Å². The van der Waals surface area contributed by atoms with E-state index in [0.717, 1.165) is 62.8 Å². The summed E-state index contributed by atoms with van der Waals surface area (Å²) in [5.41, 5.74) is 2.10. The van der Waals surface area contributed by atoms with E-state index in [1.54, 1.807) is 21.6 Å². The van der Waals surface area contributed by atoms with Crippen molar-refractivity contribution in [2.45, 2.75) is 32.0 Å². The summed E-state index contributed by atoms with van der Waals surface area (Å²) in [7, 11) is 2.16. The molecule has 1 N–H and O–H groups in total. The van der Waals surface area contributed by atoms with Gasteiger partial charge in [-0.2, -0.15) is 4.98 Å². The highest BCUT2D eigenvalue weighted by molar-refractivity contribution is 5.77. The van der Waals surface area contributed by atoms with Crippen LogP contribution >= 0.6 is 0 Å². The number of benzene rings is 1. The summed E-state index contributed by atoms with van der Waals surface area (Å²) in [6, 6.07) is 12.1. The highest BCUT2D eigenvalue weighted by Crippen LogP contribution is 2.53. The third-order valence-corrected chi connectivity index (χ3v) is 8.05. The number of hydrogen-bond donors (Lipinski definition) is 1. The molecule has 0 amide bonds. The van der Waals surface area contributed by atoms with Crippen LogP contribution in [-0.4, -0.2) is 74.7 Å². The van der Waals surface area contributed by atoms with Crippen molar-refractivity contribution in [1.29, 1.82) is 0 Å². The standard InChI is InChI=1S/C29H33N9O2/c1-4-14-37-27(39)22-19-30-28(31-20-6-8-21(9-7-20)35-17-15-34(3)16-18-35)33-25(22)38(37)24-11-10-23-26(32-24)36(5-2)29(40-23)12-13-29/h4,6-11,19H,1,5,12-18H2,2-3H3,(H,30,31,33). The molecule has 40 heavy (non-hydrogen) atoms. The number of fused-ring (bicyclic) bond motifs is 2. The minimum absolute atomic E-state index is 0.192. The van der Waals surface area contributed by atoms with E-state index in [4.69, 9.17) is 14.7 Å². The van der Waals surface area contributed by atoms with Gasteiger partial charge in [0.25, 0.3) is 5.56 Å². The molecule has 5 heterocycles. The van der Waals surface area contributed by atoms with E-state index in [1.807, 2.05) is 24.3 Å². The molecule has 11 nitrogen and oxygen atoms in total. The monoisotopic (exact) mass is 539 g/mol. The van der Waals surface area contributed by atoms with Crippen LogP contribution in [0.25, 0.3) is 16.9 Å². The lowest BCUT2D eigenvalue weighted by Gasteiger charge is -2.34. The van der Waals surface area contributed by atoms with Crippen molar-refractivity contribution in [2.75, 3.05) is 54.9 Å². The normalized spacial score (nSPS) is 17.8. The lowest BCUT2D eigenvalue weighted by atomic mass is 10.2. The zero-order valence-corrected chi connectivity index (χ0v) is 22.9. The summed E-state index contributed by atoms with van der Waals surface area (Å²) >= 11 is 0. The SMILES string of the molecule is C=CCn1c(=O)c2cnc(Nc3ccc(N4CCN(C)CC4)cc3)nc2n1-c1ccc2c(n1)N(CC)C1(CC1)O2. The Morgan fingerprint density at radius 2 is 1.85 bits per heavy atom. The summed E-state index contributed by atoms with van der Waals surface area (Å²) in [5.74, 6) is 2.56. The Morgan fingerprint density at radius 3 is 2.55 bits per heavy atom. The molecule has 1 aromatic carbocycles. The van der Waals surface area contributed by atoms with Gasteiger partial charge in [-0.05, 0) is 50.4 Å². The van der Waals surface area contributed by atoms with Gasteiger partial charge in [-0.15, -0.1) is 6.58 Å². The maximum atomic E-state index is 13.4. The largest absolute Gasteiger partial charge is 0.464 e. The Morgan fingerprint density at radius 1 is 1.07 bits per heavy atom. The fourth-order valence-electron chi connectivity index (χ4n) is 5.74. The van der Waals surface area contributed by atoms with Crippen LogP contribution in [0, 0.1) is 0 Å². The van der Waals surface area contributed by atoms with Gasteiger partial charge in [-0.1, -0.05) is 6.08 Å². The summed E-state index contributed by atoms with van der Waals surface area (Å²) < 4.78 is 9.59. The Balaban J connectivity index is 1.23. The second-order valence-electron chi connectivity index (χ2n) is 10.7. The van der Waals surface area contributed by atoms with Crippen molar-refractivity contribution in [3.05, 3.63) is 65.6 Å². The smallest absolute Gasteiger partial charge is 0.278 e. The van der Waals surface area contributed by atoms with Gasteiger partial charge in [0.2, 0.25) is 5.95 Å². The van der Waals surface area contributed by atoms with Crippen LogP contribution in [0.15, 0.2) is 60.0 Å². The quantitative estimate of drug-likeness (QED) is 0.355. The van der Waals surface area contributed by atoms with Crippen LogP contribution in [0.2, 0.25) is 0 Å². The first kappa shape index (κ1) is 24.6. The summed E-state index contributed by atoms with van der Waals surface area (Å²) in [6.45, 7) is 11.2. The lowest BCUT2D eigenvalue weighted by molar-refractivity contribution is 0.202. The van der Waals surface area contributed by atoms with Gasteiger partial charge in [0.1, 0.15) is 5.39 Å². The van der Waals surface area contributed by atoms with E-state index in [1.165, 1.54) is 5.69 Å². The first-order valence-electron chi connectivity index (χ1n) is 13.9. The molecule has 11 heteroatoms. The fourth-order valence-corrected chi connectivity index (χ4v) is 5.74. The zero-order chi connectivity index (χ0) is 27.4. The molecule has 2 fully saturated rings. The van der Waals surface area contributed by atoms with Gasteiger partial charge in [0.15, 0.2) is 28.8 Å². The van der Waals surface area contributed by atoms with Gasteiger partial charge in [-0.25, -0.2) is 19.3 Å². The Labute approximate surface area is 232 Å². The van der Waals surface area contributed by atoms with Crippen molar-refractivity contribution < 1.29 is 4.74 Å². The number of nitrogens with one attached hydrogen (secondary N) is 1. The van der Waals surface area contributed by atoms with Crippen LogP contribution in [-0.2, 0) is 6.54 Å². The molecule has 7 rings (SSSR count). The fraction of sp³-hybridized carbons (Fsp3) is 0.379. The molecule has 1 saturated heterocycles. The molecule has 1 spiro atoms. The molecule has 206 valence electrons. The number of likely N-dealkylation sites (N-methyl/N-ethyl adjacent to an activating group) is 1. The molecule has 1 saturated carbocycles. The molecular formula is C29H33N9O2. The number of ether oxygens (including phenoxy) is 1. The number of pyridine rings is 1. The number of anilines is 4. The summed E-state index contributed by atoms with van der Waals surface area (Å²) in [4.78, 5) is 34.6. The van der Waals surface area contributed by atoms with Crippen LogP contribution in [0.5, 0.6) is 5.75 Å². The van der Waals surface area contributed by atoms with Crippen LogP contribution in [0.3, 0.4) is 0 Å². The third kappa shape index (κ3) is 4.00. The van der Waals surface area contributed by atoms with E-state index in [2.05, 4.69) is 57.7 Å². The van der Waals surface area contributed by atoms with E-state index in [-0.39, 0.29) is 11.3 Å². The van der Waals surface area contributed by atoms with Crippen LogP contribution in [0.1, 0.15) is 19.8 Å². The first-order chi connectivity index (χ1) is 19.5. The maximum Gasteiger partial charge on any atom is 0.278 e. The van der Waals surface area contributed by atoms with Crippen molar-refractivity contribution in [3.8, 4) is 11.6 Å². The molecule has 0 radical (unpaired) electrons. The molecule has 2 aliphatic heterocycles. The third-order valence-electron chi connectivity index (χ3n) is 8.05. The molecular weight excluding hydrogens is 506 g/mol. The van der Waals surface area contributed by atoms with Gasteiger partial charge in [-0.3, -0.25) is 4.79 Å². The first-order valence-corrected chi connectivity index (χ1v) is 13.9. The molecule has 0 unspecified atom stereocenters. The number of rotatable bonds is 7. The average molecular weight is 540 g/mol. The van der Waals surface area contributed by atoms with E-state index in [0.29, 0.717) is 29.3 Å². The Bertz CT molecular complexity index is 1650. The molecule has 3 aliphatic rings. The zero-order valence-electron chi connectivity index (χ0n) is 22.9. The van der Waals surface area contributed by atoms with Crippen molar-refractivity contribution in [3.63, 3.8) is 0 Å². The van der Waals surface area contributed by atoms with Crippen molar-refractivity contribution in [1.82, 2.24) is 29.2 Å². The van der Waals surface area contributed by atoms with Crippen molar-refractivity contribution >= 4 is 34.2 Å². The van der Waals surface area contributed by atoms with Crippen molar-refractivity contribution in [2.24, 2.45) is 0 Å². The van der Waals surface area contributed by atoms with Crippen LogP contribution < -0.4 is 25.4 Å². The van der Waals surface area contributed by atoms with Gasteiger partial charge >= 0.3 is 0 Å². The predicted molar refractivity (Wildman–Crippen MR) is 156 cm³/mol. The van der Waals surface area contributed by atoms with Gasteiger partial charge in [0, 0.05) is 63.1 Å². The predicted octanol–water partition coefficient (Wildman–Crippen LogP) is 3.37. The highest BCUT2D eigenvalue weighted by atomic mass is 16.5. The van der Waals surface area contributed by atoms with E-state index >= 15 is 0 Å². The van der Waals surface area contributed by atoms with E-state index < -0.39 is 0 Å². The second-order valence-corrected chi connectivity index (χ2v) is 10.7. The molecule has 3 aromatic heterocycles. The Hall–Kier alpha value is -4.38. The number of hydrogen-bond acceptors (Lipinski definition) is 9. The lowest BCUT2D eigenvalue weighted by Crippen LogP contribution is -2.44. The number of aromatic nitrogens is 5. The second kappa shape index (κ2) is 9.37. The van der Waals surface area contributed by atoms with Crippen LogP contribution in [0.4, 0.5) is 23.1 Å². The molecule has 1 aliphatic carbocycles. The average Bonchev–Trinajstić information content (AvgIpc) is 3.59. The number of allylic oxidation sites excluding steroid dienone is 1. The highest BCUT2D eigenvalue weighted by Gasteiger charge is 2.56. The number of piperazine rings is 1. The minimum Gasteiger partial charge on any atom is -0.464 e. The summed E-state index contributed by atoms with van der Waals surface area (Å²) in [5, 5.41) is 3.73. The molecule has 0 atom stereocenters. The molecule has 4 aromatic rings.